The molecule has 12 heavy (non-hydrogen) atoms. The van der Waals surface area contributed by atoms with E-state index in [0.717, 1.165) is 21.1 Å². The molecule has 0 spiro atoms. The van der Waals surface area contributed by atoms with Crippen molar-refractivity contribution in [3.05, 3.63) is 27.2 Å². The van der Waals surface area contributed by atoms with Gasteiger partial charge in [0.25, 0.3) is 0 Å². The maximum atomic E-state index is 5.41. The van der Waals surface area contributed by atoms with Gasteiger partial charge in [0, 0.05) is 5.38 Å². The zero-order chi connectivity index (χ0) is 8.55. The molecular formula is C8H6BrNOS. The van der Waals surface area contributed by atoms with Gasteiger partial charge in [0.05, 0.1) is 0 Å². The summed E-state index contributed by atoms with van der Waals surface area (Å²) in [4.78, 5) is 4.24. The fourth-order valence-corrected chi connectivity index (χ4v) is 1.94. The second-order valence-electron chi connectivity index (χ2n) is 2.40. The normalized spacial score (nSPS) is 10.5. The van der Waals surface area contributed by atoms with Crippen LogP contribution < -0.4 is 0 Å². The maximum absolute atomic E-state index is 5.41. The third kappa shape index (κ3) is 1.44. The molecule has 0 saturated heterocycles. The highest BCUT2D eigenvalue weighted by atomic mass is 79.9. The summed E-state index contributed by atoms with van der Waals surface area (Å²) in [6.45, 7) is 1.92. The molecule has 0 amide bonds. The fourth-order valence-electron chi connectivity index (χ4n) is 0.937. The van der Waals surface area contributed by atoms with Gasteiger partial charge in [-0.3, -0.25) is 0 Å². The van der Waals surface area contributed by atoms with E-state index in [0.29, 0.717) is 0 Å². The Morgan fingerprint density at radius 2 is 2.33 bits per heavy atom. The molecule has 0 atom stereocenters. The predicted octanol–water partition coefficient (Wildman–Crippen LogP) is 3.47. The molecule has 0 aromatic carbocycles. The van der Waals surface area contributed by atoms with Crippen LogP contribution in [0.15, 0.2) is 25.8 Å². The lowest BCUT2D eigenvalue weighted by Gasteiger charge is -1.86. The summed E-state index contributed by atoms with van der Waals surface area (Å²) < 4.78 is 6.29. The molecular weight excluding hydrogens is 238 g/mol. The maximum Gasteiger partial charge on any atom is 0.159 e. The Morgan fingerprint density at radius 1 is 1.50 bits per heavy atom. The number of furan rings is 1. The number of hydrogen-bond acceptors (Lipinski definition) is 3. The topological polar surface area (TPSA) is 26.0 Å². The van der Waals surface area contributed by atoms with E-state index in [1.165, 1.54) is 0 Å². The quantitative estimate of drug-likeness (QED) is 0.767. The second-order valence-corrected chi connectivity index (χ2v) is 4.53. The van der Waals surface area contributed by atoms with Crippen LogP contribution in [0.1, 0.15) is 5.76 Å². The van der Waals surface area contributed by atoms with Gasteiger partial charge in [-0.05, 0) is 35.0 Å². The Kier molecular flexibility index (Phi) is 2.02. The number of aromatic nitrogens is 1. The Morgan fingerprint density at radius 3 is 2.83 bits per heavy atom. The summed E-state index contributed by atoms with van der Waals surface area (Å²) in [5.74, 6) is 1.74. The highest BCUT2D eigenvalue weighted by molar-refractivity contribution is 9.11. The van der Waals surface area contributed by atoms with Crippen LogP contribution in [0.5, 0.6) is 0 Å². The smallest absolute Gasteiger partial charge is 0.159 e. The molecule has 0 aliphatic heterocycles. The average molecular weight is 244 g/mol. The summed E-state index contributed by atoms with van der Waals surface area (Å²) in [6.07, 6.45) is 0. The summed E-state index contributed by atoms with van der Waals surface area (Å²) in [5.41, 5.74) is 0.889. The summed E-state index contributed by atoms with van der Waals surface area (Å²) in [6, 6.07) is 3.86. The average Bonchev–Trinajstić information content (AvgIpc) is 2.58. The number of halogens is 1. The van der Waals surface area contributed by atoms with Gasteiger partial charge in [-0.15, -0.1) is 11.3 Å². The zero-order valence-corrected chi connectivity index (χ0v) is 8.78. The molecule has 0 radical (unpaired) electrons. The van der Waals surface area contributed by atoms with E-state index in [1.807, 2.05) is 24.4 Å². The molecule has 2 rings (SSSR count). The first kappa shape index (κ1) is 8.01. The van der Waals surface area contributed by atoms with Crippen molar-refractivity contribution in [3.63, 3.8) is 0 Å². The highest BCUT2D eigenvalue weighted by Crippen LogP contribution is 2.26. The second kappa shape index (κ2) is 3.03. The van der Waals surface area contributed by atoms with E-state index >= 15 is 0 Å². The number of thiazole rings is 1. The van der Waals surface area contributed by atoms with Crippen molar-refractivity contribution >= 4 is 27.3 Å². The summed E-state index contributed by atoms with van der Waals surface area (Å²) in [7, 11) is 0. The SMILES string of the molecule is Cc1ccc(-c2csc(Br)n2)o1. The largest absolute Gasteiger partial charge is 0.460 e. The van der Waals surface area contributed by atoms with Crippen molar-refractivity contribution in [2.75, 3.05) is 0 Å². The molecule has 2 heterocycles. The first-order valence-electron chi connectivity index (χ1n) is 3.43. The molecule has 0 fully saturated rings. The first-order valence-corrected chi connectivity index (χ1v) is 5.11. The Hall–Kier alpha value is -0.610. The van der Waals surface area contributed by atoms with Gasteiger partial charge in [0.1, 0.15) is 11.5 Å². The van der Waals surface area contributed by atoms with Crippen molar-refractivity contribution in [3.8, 4) is 11.5 Å². The number of aryl methyl sites for hydroxylation is 1. The van der Waals surface area contributed by atoms with Gasteiger partial charge in [0.2, 0.25) is 0 Å². The third-order valence-electron chi connectivity index (χ3n) is 1.47. The number of hydrogen-bond donors (Lipinski definition) is 0. The fraction of sp³-hybridized carbons (Fsp3) is 0.125. The summed E-state index contributed by atoms with van der Waals surface area (Å²) >= 11 is 4.86. The standard InChI is InChI=1S/C8H6BrNOS/c1-5-2-3-7(11-5)6-4-12-8(9)10-6/h2-4H,1H3. The number of rotatable bonds is 1. The van der Waals surface area contributed by atoms with Gasteiger partial charge in [-0.25, -0.2) is 4.98 Å². The van der Waals surface area contributed by atoms with Gasteiger partial charge in [-0.2, -0.15) is 0 Å². The van der Waals surface area contributed by atoms with Gasteiger partial charge >= 0.3 is 0 Å². The van der Waals surface area contributed by atoms with Crippen LogP contribution in [0.25, 0.3) is 11.5 Å². The van der Waals surface area contributed by atoms with Crippen molar-refractivity contribution in [2.24, 2.45) is 0 Å². The van der Waals surface area contributed by atoms with Crippen LogP contribution in [0.2, 0.25) is 0 Å². The lowest BCUT2D eigenvalue weighted by atomic mass is 10.4. The lowest BCUT2D eigenvalue weighted by Crippen LogP contribution is -1.70. The van der Waals surface area contributed by atoms with Crippen LogP contribution in [0, 0.1) is 6.92 Å². The van der Waals surface area contributed by atoms with Crippen molar-refractivity contribution in [1.29, 1.82) is 0 Å². The zero-order valence-electron chi connectivity index (χ0n) is 6.37. The van der Waals surface area contributed by atoms with E-state index in [2.05, 4.69) is 20.9 Å². The molecule has 0 N–H and O–H groups in total. The van der Waals surface area contributed by atoms with Crippen LogP contribution in [-0.4, -0.2) is 4.98 Å². The molecule has 0 aliphatic rings. The molecule has 0 saturated carbocycles. The predicted molar refractivity (Wildman–Crippen MR) is 52.3 cm³/mol. The van der Waals surface area contributed by atoms with E-state index in [-0.39, 0.29) is 0 Å². The van der Waals surface area contributed by atoms with E-state index < -0.39 is 0 Å². The minimum atomic E-state index is 0.828. The van der Waals surface area contributed by atoms with E-state index in [4.69, 9.17) is 4.42 Å². The molecule has 0 aliphatic carbocycles. The minimum absolute atomic E-state index is 0.828. The molecule has 4 heteroatoms. The van der Waals surface area contributed by atoms with Crippen molar-refractivity contribution in [1.82, 2.24) is 4.98 Å². The van der Waals surface area contributed by atoms with Gasteiger partial charge < -0.3 is 4.42 Å². The van der Waals surface area contributed by atoms with Crippen LogP contribution in [-0.2, 0) is 0 Å². The lowest BCUT2D eigenvalue weighted by molar-refractivity contribution is 0.546. The Bertz CT molecular complexity index is 355. The Labute approximate surface area is 82.4 Å². The van der Waals surface area contributed by atoms with Crippen molar-refractivity contribution < 1.29 is 4.42 Å². The van der Waals surface area contributed by atoms with Crippen LogP contribution in [0.4, 0.5) is 0 Å². The van der Waals surface area contributed by atoms with Crippen LogP contribution >= 0.6 is 27.3 Å². The minimum Gasteiger partial charge on any atom is -0.460 e. The Balaban J connectivity index is 2.43. The number of nitrogens with zero attached hydrogens (tertiary/aromatic N) is 1. The monoisotopic (exact) mass is 243 g/mol. The molecule has 2 nitrogen and oxygen atoms in total. The molecule has 2 aromatic rings. The van der Waals surface area contributed by atoms with E-state index in [9.17, 15) is 0 Å². The van der Waals surface area contributed by atoms with Gasteiger partial charge in [0.15, 0.2) is 9.68 Å². The van der Waals surface area contributed by atoms with Crippen molar-refractivity contribution in [2.45, 2.75) is 6.92 Å². The molecule has 2 aromatic heterocycles. The van der Waals surface area contributed by atoms with Gasteiger partial charge in [-0.1, -0.05) is 0 Å². The highest BCUT2D eigenvalue weighted by Gasteiger charge is 2.05. The van der Waals surface area contributed by atoms with Crippen LogP contribution in [0.3, 0.4) is 0 Å². The molecule has 62 valence electrons. The van der Waals surface area contributed by atoms with E-state index in [1.54, 1.807) is 11.3 Å². The third-order valence-corrected chi connectivity index (χ3v) is 2.83. The molecule has 0 unspecified atom stereocenters. The first-order chi connectivity index (χ1) is 5.75. The summed E-state index contributed by atoms with van der Waals surface area (Å²) in [5, 5.41) is 1.96. The molecule has 0 bridgehead atoms.